The minimum Gasteiger partial charge on any atom is -0.344 e. The summed E-state index contributed by atoms with van der Waals surface area (Å²) < 4.78 is 0. The maximum atomic E-state index is 11.7. The van der Waals surface area contributed by atoms with Crippen LogP contribution in [0.2, 0.25) is 0 Å². The minimum absolute atomic E-state index is 0.319. The monoisotopic (exact) mass is 249 g/mol. The van der Waals surface area contributed by atoms with Crippen molar-refractivity contribution < 1.29 is 9.59 Å². The van der Waals surface area contributed by atoms with Gasteiger partial charge >= 0.3 is 11.8 Å². The topological polar surface area (TPSA) is 62.3 Å². The van der Waals surface area contributed by atoms with Crippen molar-refractivity contribution in [3.8, 4) is 0 Å². The van der Waals surface area contributed by atoms with E-state index >= 15 is 0 Å². The van der Waals surface area contributed by atoms with Crippen LogP contribution in [-0.4, -0.2) is 35.3 Å². The molecule has 0 aliphatic heterocycles. The minimum atomic E-state index is -0.572. The van der Waals surface area contributed by atoms with Gasteiger partial charge in [-0.1, -0.05) is 19.4 Å². The van der Waals surface area contributed by atoms with Crippen LogP contribution in [0, 0.1) is 0 Å². The third kappa shape index (κ3) is 4.53. The average Bonchev–Trinajstić information content (AvgIpc) is 2.42. The van der Waals surface area contributed by atoms with Crippen molar-refractivity contribution in [1.82, 2.24) is 15.2 Å². The summed E-state index contributed by atoms with van der Waals surface area (Å²) in [7, 11) is 1.64. The van der Waals surface area contributed by atoms with E-state index in [9.17, 15) is 9.59 Å². The maximum absolute atomic E-state index is 11.7. The SMILES string of the molecule is CCCCN(C)C(=O)C(=O)NCc1cccnc1. The standard InChI is InChI=1S/C13H19N3O2/c1-3-4-8-16(2)13(18)12(17)15-10-11-6-5-7-14-9-11/h5-7,9H,3-4,8,10H2,1-2H3,(H,15,17). The quantitative estimate of drug-likeness (QED) is 0.790. The zero-order chi connectivity index (χ0) is 13.4. The number of unbranched alkanes of at least 4 members (excludes halogenated alkanes) is 1. The Morgan fingerprint density at radius 3 is 2.83 bits per heavy atom. The van der Waals surface area contributed by atoms with Crippen LogP contribution in [0.4, 0.5) is 0 Å². The maximum Gasteiger partial charge on any atom is 0.311 e. The summed E-state index contributed by atoms with van der Waals surface area (Å²) in [4.78, 5) is 28.6. The Morgan fingerprint density at radius 2 is 2.22 bits per heavy atom. The molecule has 1 aromatic rings. The number of hydrogen-bond acceptors (Lipinski definition) is 3. The second kappa shape index (κ2) is 7.42. The van der Waals surface area contributed by atoms with E-state index in [0.29, 0.717) is 13.1 Å². The lowest BCUT2D eigenvalue weighted by atomic mass is 10.3. The molecule has 0 aliphatic carbocycles. The molecule has 0 radical (unpaired) electrons. The van der Waals surface area contributed by atoms with E-state index in [2.05, 4.69) is 10.3 Å². The number of pyridine rings is 1. The van der Waals surface area contributed by atoms with Crippen LogP contribution in [-0.2, 0) is 16.1 Å². The largest absolute Gasteiger partial charge is 0.344 e. The van der Waals surface area contributed by atoms with Crippen molar-refractivity contribution in [2.75, 3.05) is 13.6 Å². The van der Waals surface area contributed by atoms with Crippen molar-refractivity contribution in [3.05, 3.63) is 30.1 Å². The number of hydrogen-bond donors (Lipinski definition) is 1. The van der Waals surface area contributed by atoms with Crippen molar-refractivity contribution in [3.63, 3.8) is 0 Å². The van der Waals surface area contributed by atoms with Crippen LogP contribution in [0.5, 0.6) is 0 Å². The predicted octanol–water partition coefficient (Wildman–Crippen LogP) is 0.956. The van der Waals surface area contributed by atoms with E-state index in [-0.39, 0.29) is 0 Å². The van der Waals surface area contributed by atoms with E-state index in [1.807, 2.05) is 13.0 Å². The molecule has 0 saturated heterocycles. The van der Waals surface area contributed by atoms with Gasteiger partial charge in [0.25, 0.3) is 0 Å². The molecule has 1 heterocycles. The molecule has 0 aromatic carbocycles. The molecule has 5 nitrogen and oxygen atoms in total. The third-order valence-electron chi connectivity index (χ3n) is 2.56. The fraction of sp³-hybridized carbons (Fsp3) is 0.462. The second-order valence-corrected chi connectivity index (χ2v) is 4.12. The van der Waals surface area contributed by atoms with Gasteiger partial charge in [0, 0.05) is 32.5 Å². The summed E-state index contributed by atoms with van der Waals surface area (Å²) in [5, 5.41) is 2.59. The Labute approximate surface area is 107 Å². The normalized spacial score (nSPS) is 9.89. The Morgan fingerprint density at radius 1 is 1.44 bits per heavy atom. The molecule has 0 spiro atoms. The summed E-state index contributed by atoms with van der Waals surface area (Å²) in [5.41, 5.74) is 0.870. The van der Waals surface area contributed by atoms with Crippen molar-refractivity contribution >= 4 is 11.8 Å². The van der Waals surface area contributed by atoms with E-state index in [1.165, 1.54) is 4.90 Å². The average molecular weight is 249 g/mol. The predicted molar refractivity (Wildman–Crippen MR) is 68.6 cm³/mol. The highest BCUT2D eigenvalue weighted by Crippen LogP contribution is 1.96. The lowest BCUT2D eigenvalue weighted by Crippen LogP contribution is -2.41. The Bertz CT molecular complexity index is 392. The number of nitrogens with one attached hydrogen (secondary N) is 1. The molecule has 0 atom stereocenters. The number of carbonyl (C=O) groups is 2. The van der Waals surface area contributed by atoms with Crippen LogP contribution in [0.3, 0.4) is 0 Å². The fourth-order valence-electron chi connectivity index (χ4n) is 1.43. The molecule has 0 fully saturated rings. The number of aromatic nitrogens is 1. The van der Waals surface area contributed by atoms with Gasteiger partial charge in [-0.3, -0.25) is 14.6 Å². The van der Waals surface area contributed by atoms with Gasteiger partial charge in [0.2, 0.25) is 0 Å². The van der Waals surface area contributed by atoms with Crippen molar-refractivity contribution in [2.45, 2.75) is 26.3 Å². The Balaban J connectivity index is 2.38. The van der Waals surface area contributed by atoms with Crippen LogP contribution >= 0.6 is 0 Å². The van der Waals surface area contributed by atoms with Gasteiger partial charge in [-0.25, -0.2) is 0 Å². The first-order valence-corrected chi connectivity index (χ1v) is 6.07. The molecule has 0 bridgehead atoms. The van der Waals surface area contributed by atoms with E-state index < -0.39 is 11.8 Å². The molecule has 1 aromatic heterocycles. The van der Waals surface area contributed by atoms with Gasteiger partial charge in [-0.2, -0.15) is 0 Å². The molecule has 5 heteroatoms. The van der Waals surface area contributed by atoms with Gasteiger partial charge in [-0.05, 0) is 18.1 Å². The van der Waals surface area contributed by atoms with Crippen molar-refractivity contribution in [2.24, 2.45) is 0 Å². The lowest BCUT2D eigenvalue weighted by molar-refractivity contribution is -0.145. The van der Waals surface area contributed by atoms with Crippen LogP contribution in [0.25, 0.3) is 0 Å². The molecule has 98 valence electrons. The summed E-state index contributed by atoms with van der Waals surface area (Å²) in [5.74, 6) is -1.07. The first kappa shape index (κ1) is 14.2. The van der Waals surface area contributed by atoms with Gasteiger partial charge in [0.1, 0.15) is 0 Å². The summed E-state index contributed by atoms with van der Waals surface area (Å²) in [6.45, 7) is 2.97. The summed E-state index contributed by atoms with van der Waals surface area (Å²) in [6, 6.07) is 3.63. The smallest absolute Gasteiger partial charge is 0.311 e. The Hall–Kier alpha value is -1.91. The number of nitrogens with zero attached hydrogens (tertiary/aromatic N) is 2. The highest BCUT2D eigenvalue weighted by molar-refractivity contribution is 6.34. The number of carbonyl (C=O) groups excluding carboxylic acids is 2. The first-order valence-electron chi connectivity index (χ1n) is 6.07. The van der Waals surface area contributed by atoms with Gasteiger partial charge < -0.3 is 10.2 Å². The lowest BCUT2D eigenvalue weighted by Gasteiger charge is -2.15. The molecule has 1 N–H and O–H groups in total. The zero-order valence-corrected chi connectivity index (χ0v) is 10.8. The van der Waals surface area contributed by atoms with Crippen LogP contribution in [0.15, 0.2) is 24.5 Å². The fourth-order valence-corrected chi connectivity index (χ4v) is 1.43. The second-order valence-electron chi connectivity index (χ2n) is 4.12. The van der Waals surface area contributed by atoms with Gasteiger partial charge in [0.15, 0.2) is 0 Å². The van der Waals surface area contributed by atoms with E-state index in [1.54, 1.807) is 25.5 Å². The molecule has 0 aliphatic rings. The number of rotatable bonds is 5. The van der Waals surface area contributed by atoms with Gasteiger partial charge in [-0.15, -0.1) is 0 Å². The molecule has 2 amide bonds. The van der Waals surface area contributed by atoms with Crippen molar-refractivity contribution in [1.29, 1.82) is 0 Å². The first-order chi connectivity index (χ1) is 8.65. The zero-order valence-electron chi connectivity index (χ0n) is 10.8. The molecule has 18 heavy (non-hydrogen) atoms. The number of amides is 2. The highest BCUT2D eigenvalue weighted by atomic mass is 16.2. The van der Waals surface area contributed by atoms with Crippen LogP contribution in [0.1, 0.15) is 25.3 Å². The van der Waals surface area contributed by atoms with Gasteiger partial charge in [0.05, 0.1) is 0 Å². The highest BCUT2D eigenvalue weighted by Gasteiger charge is 2.17. The van der Waals surface area contributed by atoms with Crippen LogP contribution < -0.4 is 5.32 Å². The molecule has 0 saturated carbocycles. The molecule has 0 unspecified atom stereocenters. The molecular formula is C13H19N3O2. The molecule has 1 rings (SSSR count). The number of likely N-dealkylation sites (N-methyl/N-ethyl adjacent to an activating group) is 1. The molecular weight excluding hydrogens is 230 g/mol. The summed E-state index contributed by atoms with van der Waals surface area (Å²) >= 11 is 0. The van der Waals surface area contributed by atoms with E-state index in [4.69, 9.17) is 0 Å². The third-order valence-corrected chi connectivity index (χ3v) is 2.56. The summed E-state index contributed by atoms with van der Waals surface area (Å²) in [6.07, 6.45) is 5.22. The Kier molecular flexibility index (Phi) is 5.84. The van der Waals surface area contributed by atoms with E-state index in [0.717, 1.165) is 18.4 Å².